The number of carbonyl (C=O) groups excluding carboxylic acids is 2. The van der Waals surface area contributed by atoms with Crippen molar-refractivity contribution in [3.8, 4) is 0 Å². The van der Waals surface area contributed by atoms with Gasteiger partial charge < -0.3 is 5.32 Å². The molecule has 2 atom stereocenters. The van der Waals surface area contributed by atoms with Gasteiger partial charge in [-0.1, -0.05) is 23.2 Å². The van der Waals surface area contributed by atoms with E-state index in [0.29, 0.717) is 5.56 Å². The quantitative estimate of drug-likeness (QED) is 0.319. The molecule has 0 spiro atoms. The van der Waals surface area contributed by atoms with Gasteiger partial charge in [-0.25, -0.2) is 13.2 Å². The lowest BCUT2D eigenvalue weighted by Crippen LogP contribution is -2.36. The minimum atomic E-state index is -2.72. The molecule has 2 aromatic rings. The van der Waals surface area contributed by atoms with Crippen LogP contribution in [0.2, 0.25) is 10.0 Å². The molecule has 2 fully saturated rings. The van der Waals surface area contributed by atoms with Crippen LogP contribution in [0.1, 0.15) is 41.1 Å². The van der Waals surface area contributed by atoms with E-state index in [4.69, 9.17) is 46.4 Å². The minimum Gasteiger partial charge on any atom is -0.326 e. The molecule has 2 unspecified atom stereocenters. The molecule has 4 rings (SSSR count). The summed E-state index contributed by atoms with van der Waals surface area (Å²) in [5.74, 6) is -6.15. The third-order valence-corrected chi connectivity index (χ3v) is 7.25. The number of nitrogens with one attached hydrogen (secondary N) is 1. The van der Waals surface area contributed by atoms with Gasteiger partial charge in [-0.3, -0.25) is 9.59 Å². The van der Waals surface area contributed by atoms with E-state index in [1.165, 1.54) is 30.3 Å². The summed E-state index contributed by atoms with van der Waals surface area (Å²) in [5.41, 5.74) is 0.796. The van der Waals surface area contributed by atoms with Crippen molar-refractivity contribution >= 4 is 63.8 Å². The van der Waals surface area contributed by atoms with Gasteiger partial charge in [0.1, 0.15) is 10.2 Å². The van der Waals surface area contributed by atoms with Gasteiger partial charge in [-0.05, 0) is 47.9 Å². The lowest BCUT2D eigenvalue weighted by atomic mass is 9.77. The zero-order chi connectivity index (χ0) is 23.4. The second-order valence-electron chi connectivity index (χ2n) is 8.27. The van der Waals surface area contributed by atoms with Gasteiger partial charge in [0, 0.05) is 41.5 Å². The third kappa shape index (κ3) is 4.74. The Kier molecular flexibility index (Phi) is 6.21. The van der Waals surface area contributed by atoms with Crippen LogP contribution in [0.15, 0.2) is 36.4 Å². The highest BCUT2D eigenvalue weighted by Crippen LogP contribution is 2.65. The van der Waals surface area contributed by atoms with Gasteiger partial charge in [0.25, 0.3) is 0 Å². The van der Waals surface area contributed by atoms with Crippen LogP contribution in [-0.2, 0) is 4.79 Å². The van der Waals surface area contributed by atoms with Gasteiger partial charge >= 0.3 is 0 Å². The van der Waals surface area contributed by atoms with Crippen LogP contribution in [0.3, 0.4) is 0 Å². The molecule has 0 radical (unpaired) electrons. The van der Waals surface area contributed by atoms with Crippen molar-refractivity contribution in [1.82, 2.24) is 0 Å². The monoisotopic (exact) mass is 523 g/mol. The molecule has 32 heavy (non-hydrogen) atoms. The van der Waals surface area contributed by atoms with Crippen LogP contribution in [-0.4, -0.2) is 21.9 Å². The second-order valence-corrected chi connectivity index (χ2v) is 10.6. The van der Waals surface area contributed by atoms with Gasteiger partial charge in [-0.2, -0.15) is 0 Å². The van der Waals surface area contributed by atoms with Crippen molar-refractivity contribution in [2.45, 2.75) is 35.4 Å². The number of halogens is 7. The SMILES string of the molecule is O=C(CC1CC(F)(F)C1)c1cc(NC(=O)C2C(c3cc(F)cc(Cl)c3)C2(Cl)Cl)ccc1Cl. The number of hydrogen-bond donors (Lipinski definition) is 1. The molecule has 1 N–H and O–H groups in total. The summed E-state index contributed by atoms with van der Waals surface area (Å²) in [4.78, 5) is 25.3. The van der Waals surface area contributed by atoms with Crippen molar-refractivity contribution < 1.29 is 22.8 Å². The van der Waals surface area contributed by atoms with Crippen molar-refractivity contribution in [3.63, 3.8) is 0 Å². The summed E-state index contributed by atoms with van der Waals surface area (Å²) in [6, 6.07) is 8.15. The van der Waals surface area contributed by atoms with Crippen molar-refractivity contribution in [1.29, 1.82) is 0 Å². The maximum atomic E-state index is 13.7. The molecule has 2 saturated carbocycles. The minimum absolute atomic E-state index is 0.0514. The lowest BCUT2D eigenvalue weighted by Gasteiger charge is -2.34. The zero-order valence-corrected chi connectivity index (χ0v) is 19.3. The molecular weight excluding hydrogens is 509 g/mol. The molecule has 1 amide bonds. The Bertz CT molecular complexity index is 1080. The van der Waals surface area contributed by atoms with Gasteiger partial charge in [0.05, 0.1) is 10.9 Å². The number of amides is 1. The summed E-state index contributed by atoms with van der Waals surface area (Å²) in [6.45, 7) is 0. The number of alkyl halides is 4. The molecule has 0 saturated heterocycles. The number of anilines is 1. The largest absolute Gasteiger partial charge is 0.326 e. The molecule has 0 aliphatic heterocycles. The molecule has 170 valence electrons. The summed E-state index contributed by atoms with van der Waals surface area (Å²) in [6.07, 6.45) is -0.703. The molecule has 3 nitrogen and oxygen atoms in total. The molecule has 2 aliphatic carbocycles. The maximum absolute atomic E-state index is 13.7. The highest BCUT2D eigenvalue weighted by Gasteiger charge is 2.67. The van der Waals surface area contributed by atoms with E-state index >= 15 is 0 Å². The average Bonchev–Trinajstić information content (AvgIpc) is 3.23. The van der Waals surface area contributed by atoms with E-state index in [1.807, 2.05) is 0 Å². The molecule has 0 bridgehead atoms. The maximum Gasteiger partial charge on any atom is 0.248 e. The first-order valence-electron chi connectivity index (χ1n) is 9.72. The predicted molar refractivity (Wildman–Crippen MR) is 119 cm³/mol. The number of hydrogen-bond acceptors (Lipinski definition) is 2. The fourth-order valence-electron chi connectivity index (χ4n) is 4.16. The first-order chi connectivity index (χ1) is 14.9. The van der Waals surface area contributed by atoms with E-state index in [1.54, 1.807) is 0 Å². The first-order valence-corrected chi connectivity index (χ1v) is 11.2. The molecule has 2 aliphatic rings. The highest BCUT2D eigenvalue weighted by molar-refractivity contribution is 6.53. The summed E-state index contributed by atoms with van der Waals surface area (Å²) < 4.78 is 38.3. The predicted octanol–water partition coefficient (Wildman–Crippen LogP) is 7.28. The molecule has 0 aromatic heterocycles. The Morgan fingerprint density at radius 2 is 1.75 bits per heavy atom. The molecule has 10 heteroatoms. The first kappa shape index (κ1) is 23.7. The fraction of sp³-hybridized carbons (Fsp3) is 0.364. The zero-order valence-electron chi connectivity index (χ0n) is 16.3. The number of ketones is 1. The molecule has 0 heterocycles. The average molecular weight is 525 g/mol. The summed E-state index contributed by atoms with van der Waals surface area (Å²) in [7, 11) is 0. The Balaban J connectivity index is 1.46. The van der Waals surface area contributed by atoms with E-state index in [-0.39, 0.29) is 46.3 Å². The topological polar surface area (TPSA) is 46.2 Å². The van der Waals surface area contributed by atoms with Crippen molar-refractivity contribution in [2.75, 3.05) is 5.32 Å². The fourth-order valence-corrected chi connectivity index (χ4v) is 5.44. The van der Waals surface area contributed by atoms with E-state index in [2.05, 4.69) is 5.32 Å². The highest BCUT2D eigenvalue weighted by atomic mass is 35.5. The summed E-state index contributed by atoms with van der Waals surface area (Å²) in [5, 5.41) is 2.95. The Labute approximate surface area is 202 Å². The van der Waals surface area contributed by atoms with Crippen LogP contribution in [0.5, 0.6) is 0 Å². The van der Waals surface area contributed by atoms with E-state index < -0.39 is 39.7 Å². The number of rotatable bonds is 6. The van der Waals surface area contributed by atoms with Crippen LogP contribution < -0.4 is 5.32 Å². The number of Topliss-reactive ketones (excluding diaryl/α,β-unsaturated/α-hetero) is 1. The second kappa shape index (κ2) is 8.39. The van der Waals surface area contributed by atoms with E-state index in [9.17, 15) is 22.8 Å². The molecule has 2 aromatic carbocycles. The van der Waals surface area contributed by atoms with Gasteiger partial charge in [0.15, 0.2) is 5.78 Å². The number of benzene rings is 2. The summed E-state index contributed by atoms with van der Waals surface area (Å²) >= 11 is 24.6. The Morgan fingerprint density at radius 3 is 2.38 bits per heavy atom. The van der Waals surface area contributed by atoms with E-state index in [0.717, 1.165) is 6.07 Å². The van der Waals surface area contributed by atoms with Crippen LogP contribution in [0, 0.1) is 17.7 Å². The van der Waals surface area contributed by atoms with Gasteiger partial charge in [-0.15, -0.1) is 23.2 Å². The van der Waals surface area contributed by atoms with Crippen LogP contribution >= 0.6 is 46.4 Å². The third-order valence-electron chi connectivity index (χ3n) is 5.76. The lowest BCUT2D eigenvalue weighted by molar-refractivity contribution is -0.117. The van der Waals surface area contributed by atoms with Crippen molar-refractivity contribution in [3.05, 3.63) is 63.4 Å². The Hall–Kier alpha value is -1.47. The number of carbonyl (C=O) groups is 2. The van der Waals surface area contributed by atoms with Gasteiger partial charge in [0.2, 0.25) is 11.8 Å². The molecular formula is C22H16Cl4F3NO2. The smallest absolute Gasteiger partial charge is 0.248 e. The standard InChI is InChI=1S/C22H16Cl4F3NO2/c23-12-4-11(5-13(27)6-12)18-19(22(18,25)26)20(32)30-14-1-2-16(24)15(7-14)17(31)3-10-8-21(28,29)9-10/h1-2,4-7,10,18-19H,3,8-9H2,(H,30,32). The van der Waals surface area contributed by atoms with Crippen LogP contribution in [0.25, 0.3) is 0 Å². The Morgan fingerprint density at radius 1 is 1.06 bits per heavy atom. The van der Waals surface area contributed by atoms with Crippen molar-refractivity contribution in [2.24, 2.45) is 11.8 Å². The van der Waals surface area contributed by atoms with Crippen LogP contribution in [0.4, 0.5) is 18.9 Å². The normalized spacial score (nSPS) is 23.3.